The second-order valence-electron chi connectivity index (χ2n) is 23.9. The average Bonchev–Trinajstić information content (AvgIpc) is 3.41. The molecule has 0 fully saturated rings. The molecule has 0 aromatic carbocycles. The van der Waals surface area contributed by atoms with E-state index in [1.165, 1.54) is 315 Å². The summed E-state index contributed by atoms with van der Waals surface area (Å²) in [6, 6.07) is -0.536. The zero-order valence-corrected chi connectivity index (χ0v) is 51.1. The molecule has 6 nitrogen and oxygen atoms in total. The summed E-state index contributed by atoms with van der Waals surface area (Å²) in [7, 11) is 0. The molecule has 0 aliphatic heterocycles. The molecule has 0 heterocycles. The van der Waals surface area contributed by atoms with E-state index in [9.17, 15) is 19.8 Å². The van der Waals surface area contributed by atoms with Crippen molar-refractivity contribution in [2.75, 3.05) is 13.2 Å². The number of nitrogens with one attached hydrogen (secondary N) is 1. The number of carbonyl (C=O) groups is 2. The third kappa shape index (κ3) is 61.7. The maximum Gasteiger partial charge on any atom is 0.305 e. The molecule has 3 N–H and O–H groups in total. The van der Waals surface area contributed by atoms with Gasteiger partial charge >= 0.3 is 5.97 Å². The first kappa shape index (κ1) is 73.6. The van der Waals surface area contributed by atoms with Crippen molar-refractivity contribution < 1.29 is 24.5 Å². The lowest BCUT2D eigenvalue weighted by Gasteiger charge is -2.22. The van der Waals surface area contributed by atoms with E-state index in [0.29, 0.717) is 25.9 Å². The molecule has 0 radical (unpaired) electrons. The van der Waals surface area contributed by atoms with E-state index >= 15 is 0 Å². The van der Waals surface area contributed by atoms with E-state index in [0.717, 1.165) is 44.9 Å². The van der Waals surface area contributed by atoms with Gasteiger partial charge in [-0.15, -0.1) is 0 Å². The average molecular weight is 1060 g/mol. The van der Waals surface area contributed by atoms with E-state index in [1.54, 1.807) is 0 Å². The van der Waals surface area contributed by atoms with Gasteiger partial charge in [-0.3, -0.25) is 9.59 Å². The van der Waals surface area contributed by atoms with Crippen LogP contribution in [-0.2, 0) is 14.3 Å². The molecule has 0 rings (SSSR count). The molecule has 0 saturated heterocycles. The zero-order chi connectivity index (χ0) is 54.3. The number of rotatable bonds is 65. The fourth-order valence-electron chi connectivity index (χ4n) is 11.1. The van der Waals surface area contributed by atoms with Crippen LogP contribution in [0.15, 0.2) is 12.2 Å². The van der Waals surface area contributed by atoms with Gasteiger partial charge in [0, 0.05) is 12.8 Å². The third-order valence-corrected chi connectivity index (χ3v) is 16.3. The van der Waals surface area contributed by atoms with Crippen molar-refractivity contribution in [3.63, 3.8) is 0 Å². The van der Waals surface area contributed by atoms with Crippen LogP contribution in [0.4, 0.5) is 0 Å². The smallest absolute Gasteiger partial charge is 0.305 e. The summed E-state index contributed by atoms with van der Waals surface area (Å²) in [5, 5.41) is 23.2. The number of amides is 1. The molecule has 1 amide bonds. The van der Waals surface area contributed by atoms with Crippen LogP contribution in [-0.4, -0.2) is 47.4 Å². The summed E-state index contributed by atoms with van der Waals surface area (Å²) in [4.78, 5) is 24.6. The molecular formula is C69H135NO5. The topological polar surface area (TPSA) is 95.9 Å². The Morgan fingerprint density at radius 1 is 0.360 bits per heavy atom. The number of allylic oxidation sites excluding steroid dienone is 2. The van der Waals surface area contributed by atoms with Crippen molar-refractivity contribution in [2.45, 2.75) is 405 Å². The molecule has 0 aromatic heterocycles. The zero-order valence-electron chi connectivity index (χ0n) is 51.1. The number of esters is 1. The largest absolute Gasteiger partial charge is 0.466 e. The highest BCUT2D eigenvalue weighted by molar-refractivity contribution is 5.76. The number of aliphatic hydroxyl groups excluding tert-OH is 2. The minimum absolute atomic E-state index is 0.0174. The van der Waals surface area contributed by atoms with Crippen LogP contribution in [0.1, 0.15) is 393 Å². The third-order valence-electron chi connectivity index (χ3n) is 16.3. The number of carbonyl (C=O) groups excluding carboxylic acids is 2. The molecule has 2 atom stereocenters. The minimum atomic E-state index is -0.659. The summed E-state index contributed by atoms with van der Waals surface area (Å²) in [5.41, 5.74) is 0. The number of aliphatic hydroxyl groups is 2. The fraction of sp³-hybridized carbons (Fsp3) is 0.942. The highest BCUT2D eigenvalue weighted by Gasteiger charge is 2.20. The van der Waals surface area contributed by atoms with E-state index in [1.807, 2.05) is 0 Å². The van der Waals surface area contributed by atoms with Crippen molar-refractivity contribution >= 4 is 11.9 Å². The van der Waals surface area contributed by atoms with Crippen LogP contribution in [0.5, 0.6) is 0 Å². The predicted octanol–water partition coefficient (Wildman–Crippen LogP) is 22.0. The van der Waals surface area contributed by atoms with Crippen LogP contribution in [0, 0.1) is 0 Å². The Kier molecular flexibility index (Phi) is 63.9. The van der Waals surface area contributed by atoms with E-state index in [2.05, 4.69) is 31.3 Å². The molecule has 0 aliphatic rings. The van der Waals surface area contributed by atoms with Gasteiger partial charge < -0.3 is 20.3 Å². The van der Waals surface area contributed by atoms with Crippen LogP contribution in [0.25, 0.3) is 0 Å². The number of hydrogen-bond donors (Lipinski definition) is 3. The van der Waals surface area contributed by atoms with Gasteiger partial charge in [0.25, 0.3) is 0 Å². The minimum Gasteiger partial charge on any atom is -0.466 e. The number of hydrogen-bond acceptors (Lipinski definition) is 5. The lowest BCUT2D eigenvalue weighted by molar-refractivity contribution is -0.143. The lowest BCUT2D eigenvalue weighted by Crippen LogP contribution is -2.45. The maximum atomic E-state index is 12.5. The first-order valence-electron chi connectivity index (χ1n) is 34.4. The van der Waals surface area contributed by atoms with Gasteiger partial charge in [0.05, 0.1) is 25.4 Å². The normalized spacial score (nSPS) is 12.5. The van der Waals surface area contributed by atoms with Gasteiger partial charge in [-0.1, -0.05) is 341 Å². The monoisotopic (exact) mass is 1060 g/mol. The molecular weight excluding hydrogens is 923 g/mol. The van der Waals surface area contributed by atoms with Gasteiger partial charge in [0.2, 0.25) is 5.91 Å². The van der Waals surface area contributed by atoms with Crippen molar-refractivity contribution in [1.29, 1.82) is 0 Å². The summed E-state index contributed by atoms with van der Waals surface area (Å²) in [6.07, 6.45) is 79.8. The lowest BCUT2D eigenvalue weighted by atomic mass is 10.0. The van der Waals surface area contributed by atoms with Crippen molar-refractivity contribution in [2.24, 2.45) is 0 Å². The SMILES string of the molecule is CCCCCCCCC/C=C\CCCCCCCCCC(=O)OCCCCCCCCCCCCCCCCCCCCCCCCCCCCCCCC(=O)NC(CO)C(O)CCCCCCCCCCCCC. The van der Waals surface area contributed by atoms with Gasteiger partial charge in [0.1, 0.15) is 0 Å². The molecule has 446 valence electrons. The van der Waals surface area contributed by atoms with E-state index in [-0.39, 0.29) is 18.5 Å². The Hall–Kier alpha value is -1.40. The summed E-state index contributed by atoms with van der Waals surface area (Å²) < 4.78 is 5.51. The molecule has 2 unspecified atom stereocenters. The van der Waals surface area contributed by atoms with Crippen molar-refractivity contribution in [3.8, 4) is 0 Å². The Morgan fingerprint density at radius 3 is 0.947 bits per heavy atom. The molecule has 0 saturated carbocycles. The van der Waals surface area contributed by atoms with Gasteiger partial charge in [0.15, 0.2) is 0 Å². The Morgan fingerprint density at radius 2 is 0.627 bits per heavy atom. The summed E-state index contributed by atoms with van der Waals surface area (Å²) in [5.74, 6) is -0.0129. The summed E-state index contributed by atoms with van der Waals surface area (Å²) in [6.45, 7) is 4.97. The van der Waals surface area contributed by atoms with E-state index in [4.69, 9.17) is 4.74 Å². The molecule has 6 heteroatoms. The Balaban J connectivity index is 3.30. The van der Waals surface area contributed by atoms with Gasteiger partial charge in [-0.2, -0.15) is 0 Å². The highest BCUT2D eigenvalue weighted by Crippen LogP contribution is 2.19. The quantitative estimate of drug-likeness (QED) is 0.0320. The number of ether oxygens (including phenoxy) is 1. The van der Waals surface area contributed by atoms with Crippen LogP contribution < -0.4 is 5.32 Å². The van der Waals surface area contributed by atoms with E-state index < -0.39 is 12.1 Å². The predicted molar refractivity (Wildman–Crippen MR) is 329 cm³/mol. The van der Waals surface area contributed by atoms with Crippen LogP contribution in [0.3, 0.4) is 0 Å². The molecule has 75 heavy (non-hydrogen) atoms. The van der Waals surface area contributed by atoms with Crippen molar-refractivity contribution in [1.82, 2.24) is 5.32 Å². The fourth-order valence-corrected chi connectivity index (χ4v) is 11.1. The van der Waals surface area contributed by atoms with Crippen LogP contribution >= 0.6 is 0 Å². The van der Waals surface area contributed by atoms with Gasteiger partial charge in [-0.05, 0) is 51.4 Å². The molecule has 0 aromatic rings. The maximum absolute atomic E-state index is 12.5. The molecule has 0 spiro atoms. The second-order valence-corrected chi connectivity index (χ2v) is 23.9. The number of unbranched alkanes of at least 4 members (excludes halogenated alkanes) is 52. The standard InChI is InChI=1S/C69H135NO5/c1-3-5-7-9-11-13-15-16-17-18-33-36-39-43-47-51-55-59-63-69(74)75-64-60-56-52-48-44-40-37-34-31-29-27-25-23-21-19-20-22-24-26-28-30-32-35-38-42-46-50-54-58-62-68(73)70-66(65-71)67(72)61-57-53-49-45-41-14-12-10-8-6-4-2/h17-18,66-67,71-72H,3-16,19-65H2,1-2H3,(H,70,73)/b18-17-. The molecule has 0 bridgehead atoms. The Bertz CT molecular complexity index is 1130. The second kappa shape index (κ2) is 65.1. The first-order valence-corrected chi connectivity index (χ1v) is 34.4. The summed E-state index contributed by atoms with van der Waals surface area (Å²) >= 11 is 0. The first-order chi connectivity index (χ1) is 37.0. The van der Waals surface area contributed by atoms with Crippen molar-refractivity contribution in [3.05, 3.63) is 12.2 Å². The highest BCUT2D eigenvalue weighted by atomic mass is 16.5. The Labute approximate surface area is 469 Å². The molecule has 0 aliphatic carbocycles. The van der Waals surface area contributed by atoms with Gasteiger partial charge in [-0.25, -0.2) is 0 Å². The van der Waals surface area contributed by atoms with Crippen LogP contribution in [0.2, 0.25) is 0 Å².